The van der Waals surface area contributed by atoms with Crippen LogP contribution in [-0.2, 0) is 0 Å². The van der Waals surface area contributed by atoms with Crippen LogP contribution in [0.3, 0.4) is 0 Å². The quantitative estimate of drug-likeness (QED) is 0.857. The lowest BCUT2D eigenvalue weighted by molar-refractivity contribution is 0.550. The lowest BCUT2D eigenvalue weighted by atomic mass is 10.2. The number of anilines is 1. The molecule has 1 atom stereocenters. The summed E-state index contributed by atoms with van der Waals surface area (Å²) in [6.07, 6.45) is 0.934. The van der Waals surface area contributed by atoms with Gasteiger partial charge in [0.15, 0.2) is 0 Å². The van der Waals surface area contributed by atoms with Gasteiger partial charge < -0.3 is 10.3 Å². The van der Waals surface area contributed by atoms with E-state index in [0.29, 0.717) is 9.52 Å². The van der Waals surface area contributed by atoms with Gasteiger partial charge in [-0.25, -0.2) is 9.37 Å². The molecule has 0 amide bonds. The smallest absolute Gasteiger partial charge is 0.201 e. The van der Waals surface area contributed by atoms with Crippen molar-refractivity contribution in [1.29, 1.82) is 0 Å². The standard InChI is InChI=1S/C11H13FIN3/c1-3-6(2)16-10-4-7(12)8(13)5-9(10)15-11(16)14/h4-6H,3H2,1-2H3,(H2,14,15). The largest absolute Gasteiger partial charge is 0.369 e. The van der Waals surface area contributed by atoms with E-state index in [1.165, 1.54) is 6.07 Å². The van der Waals surface area contributed by atoms with Crippen molar-refractivity contribution in [2.75, 3.05) is 5.73 Å². The van der Waals surface area contributed by atoms with Gasteiger partial charge in [0.05, 0.1) is 14.6 Å². The highest BCUT2D eigenvalue weighted by molar-refractivity contribution is 14.1. The van der Waals surface area contributed by atoms with Crippen LogP contribution in [0.4, 0.5) is 10.3 Å². The predicted molar refractivity (Wildman–Crippen MR) is 71.8 cm³/mol. The first-order chi connectivity index (χ1) is 7.54. The monoisotopic (exact) mass is 333 g/mol. The van der Waals surface area contributed by atoms with E-state index in [1.54, 1.807) is 6.07 Å². The minimum absolute atomic E-state index is 0.224. The molecule has 86 valence electrons. The van der Waals surface area contributed by atoms with Crippen molar-refractivity contribution in [1.82, 2.24) is 9.55 Å². The zero-order chi connectivity index (χ0) is 11.9. The molecule has 3 nitrogen and oxygen atoms in total. The van der Waals surface area contributed by atoms with E-state index in [9.17, 15) is 4.39 Å². The number of rotatable bonds is 2. The Labute approximate surface area is 107 Å². The van der Waals surface area contributed by atoms with E-state index < -0.39 is 0 Å². The molecule has 1 unspecified atom stereocenters. The molecule has 0 radical (unpaired) electrons. The molecule has 2 rings (SSSR count). The fourth-order valence-electron chi connectivity index (χ4n) is 1.75. The van der Waals surface area contributed by atoms with Crippen molar-refractivity contribution in [2.24, 2.45) is 0 Å². The lowest BCUT2D eigenvalue weighted by Crippen LogP contribution is -2.07. The number of nitrogens with two attached hydrogens (primary N) is 1. The molecule has 1 aromatic heterocycles. The zero-order valence-electron chi connectivity index (χ0n) is 9.17. The second-order valence-corrected chi connectivity index (χ2v) is 5.01. The molecule has 0 fully saturated rings. The first-order valence-corrected chi connectivity index (χ1v) is 6.25. The van der Waals surface area contributed by atoms with Gasteiger partial charge in [0.25, 0.3) is 0 Å². The number of benzene rings is 1. The van der Waals surface area contributed by atoms with Gasteiger partial charge in [0.2, 0.25) is 5.95 Å². The molecule has 0 saturated carbocycles. The molecular weight excluding hydrogens is 320 g/mol. The Morgan fingerprint density at radius 1 is 1.56 bits per heavy atom. The maximum absolute atomic E-state index is 13.5. The third-order valence-electron chi connectivity index (χ3n) is 2.79. The molecule has 0 spiro atoms. The average molecular weight is 333 g/mol. The van der Waals surface area contributed by atoms with Gasteiger partial charge in [-0.15, -0.1) is 0 Å². The number of aromatic nitrogens is 2. The van der Waals surface area contributed by atoms with E-state index in [0.717, 1.165) is 17.5 Å². The highest BCUT2D eigenvalue weighted by Gasteiger charge is 2.14. The van der Waals surface area contributed by atoms with Crippen molar-refractivity contribution in [3.8, 4) is 0 Å². The third kappa shape index (κ3) is 1.77. The molecular formula is C11H13FIN3. The van der Waals surface area contributed by atoms with E-state index in [2.05, 4.69) is 11.9 Å². The maximum Gasteiger partial charge on any atom is 0.201 e. The minimum Gasteiger partial charge on any atom is -0.369 e. The van der Waals surface area contributed by atoms with Crippen LogP contribution in [0.1, 0.15) is 26.3 Å². The molecule has 5 heteroatoms. The fourth-order valence-corrected chi connectivity index (χ4v) is 2.21. The highest BCUT2D eigenvalue weighted by Crippen LogP contribution is 2.27. The summed E-state index contributed by atoms with van der Waals surface area (Å²) in [6, 6.07) is 3.46. The number of hydrogen-bond acceptors (Lipinski definition) is 2. The summed E-state index contributed by atoms with van der Waals surface area (Å²) in [5, 5.41) is 0. The Kier molecular flexibility index (Phi) is 3.05. The van der Waals surface area contributed by atoms with Crippen LogP contribution < -0.4 is 5.73 Å². The molecule has 2 aromatic rings. The van der Waals surface area contributed by atoms with Crippen LogP contribution in [0.25, 0.3) is 11.0 Å². The first-order valence-electron chi connectivity index (χ1n) is 5.17. The van der Waals surface area contributed by atoms with Gasteiger partial charge >= 0.3 is 0 Å². The number of fused-ring (bicyclic) bond motifs is 1. The molecule has 0 bridgehead atoms. The van der Waals surface area contributed by atoms with Crippen LogP contribution in [0.15, 0.2) is 12.1 Å². The number of imidazole rings is 1. The Morgan fingerprint density at radius 2 is 2.25 bits per heavy atom. The molecule has 16 heavy (non-hydrogen) atoms. The Morgan fingerprint density at radius 3 is 2.88 bits per heavy atom. The van der Waals surface area contributed by atoms with Gasteiger partial charge in [-0.2, -0.15) is 0 Å². The summed E-state index contributed by atoms with van der Waals surface area (Å²) in [5.74, 6) is 0.225. The van der Waals surface area contributed by atoms with E-state index in [-0.39, 0.29) is 11.9 Å². The first kappa shape index (κ1) is 11.6. The Hall–Kier alpha value is -0.850. The number of nitrogen functional groups attached to an aromatic ring is 1. The highest BCUT2D eigenvalue weighted by atomic mass is 127. The van der Waals surface area contributed by atoms with Crippen molar-refractivity contribution in [3.63, 3.8) is 0 Å². The van der Waals surface area contributed by atoms with Crippen molar-refractivity contribution < 1.29 is 4.39 Å². The van der Waals surface area contributed by atoms with Crippen molar-refractivity contribution in [2.45, 2.75) is 26.3 Å². The number of hydrogen-bond donors (Lipinski definition) is 1. The molecule has 1 aromatic carbocycles. The maximum atomic E-state index is 13.5. The van der Waals surface area contributed by atoms with E-state index in [1.807, 2.05) is 34.1 Å². The molecule has 0 aliphatic heterocycles. The van der Waals surface area contributed by atoms with Gasteiger partial charge in [-0.1, -0.05) is 6.92 Å². The normalized spacial score (nSPS) is 13.2. The second-order valence-electron chi connectivity index (χ2n) is 3.85. The summed E-state index contributed by atoms with van der Waals surface area (Å²) >= 11 is 1.95. The van der Waals surface area contributed by atoms with Crippen LogP contribution in [0.2, 0.25) is 0 Å². The predicted octanol–water partition coefficient (Wildman–Crippen LogP) is 3.33. The molecule has 0 aliphatic rings. The molecule has 0 aliphatic carbocycles. The second kappa shape index (κ2) is 4.20. The van der Waals surface area contributed by atoms with Crippen molar-refractivity contribution >= 4 is 39.6 Å². The topological polar surface area (TPSA) is 43.8 Å². The van der Waals surface area contributed by atoms with Crippen LogP contribution in [0.5, 0.6) is 0 Å². The summed E-state index contributed by atoms with van der Waals surface area (Å²) in [4.78, 5) is 4.25. The van der Waals surface area contributed by atoms with Crippen LogP contribution in [-0.4, -0.2) is 9.55 Å². The van der Waals surface area contributed by atoms with Gasteiger partial charge in [-0.05, 0) is 42.0 Å². The lowest BCUT2D eigenvalue weighted by Gasteiger charge is -2.13. The minimum atomic E-state index is -0.224. The summed E-state index contributed by atoms with van der Waals surface area (Å²) < 4.78 is 16.0. The van der Waals surface area contributed by atoms with Gasteiger partial charge in [-0.3, -0.25) is 0 Å². The average Bonchev–Trinajstić information content (AvgIpc) is 2.54. The van der Waals surface area contributed by atoms with Crippen LogP contribution >= 0.6 is 22.6 Å². The fraction of sp³-hybridized carbons (Fsp3) is 0.364. The zero-order valence-corrected chi connectivity index (χ0v) is 11.3. The van der Waals surface area contributed by atoms with Gasteiger partial charge in [0.1, 0.15) is 5.82 Å². The Bertz CT molecular complexity index is 535. The van der Waals surface area contributed by atoms with Gasteiger partial charge in [0, 0.05) is 12.1 Å². The summed E-state index contributed by atoms with van der Waals surface area (Å²) in [5.41, 5.74) is 7.38. The number of halogens is 2. The molecule has 2 N–H and O–H groups in total. The molecule has 0 saturated heterocycles. The summed E-state index contributed by atoms with van der Waals surface area (Å²) in [7, 11) is 0. The van der Waals surface area contributed by atoms with Crippen LogP contribution in [0, 0.1) is 9.39 Å². The van der Waals surface area contributed by atoms with Crippen molar-refractivity contribution in [3.05, 3.63) is 21.5 Å². The van der Waals surface area contributed by atoms with E-state index in [4.69, 9.17) is 5.73 Å². The number of nitrogens with zero attached hydrogens (tertiary/aromatic N) is 2. The molecule has 1 heterocycles. The Balaban J connectivity index is 2.73. The van der Waals surface area contributed by atoms with E-state index >= 15 is 0 Å². The summed E-state index contributed by atoms with van der Waals surface area (Å²) in [6.45, 7) is 4.12. The SMILES string of the molecule is CCC(C)n1c(N)nc2cc(I)c(F)cc21. The third-order valence-corrected chi connectivity index (χ3v) is 3.62.